The van der Waals surface area contributed by atoms with Crippen molar-refractivity contribution in [3.8, 4) is 11.5 Å². The number of hydrogen-bond acceptors (Lipinski definition) is 6. The fourth-order valence-electron chi connectivity index (χ4n) is 2.34. The zero-order chi connectivity index (χ0) is 29.0. The molecular formula is C24H34F6O6. The highest BCUT2D eigenvalue weighted by Crippen LogP contribution is 2.51. The molecule has 1 rings (SSSR count). The standard InChI is InChI=1S/C12H18F6O3.C12H16O3/c1-6-8(2,3)7(19)21-9(4,5)10(20,11(13,14)15)12(16,17)18;1-4-12(2,3)11(14)15-10-7-5-9(13)6-8-10/h20H,6H2,1-5H3;5-8,13H,4H2,1-3H3. The van der Waals surface area contributed by atoms with Gasteiger partial charge in [-0.15, -0.1) is 0 Å². The first-order valence-electron chi connectivity index (χ1n) is 11.0. The van der Waals surface area contributed by atoms with Crippen LogP contribution in [-0.2, 0) is 14.3 Å². The smallest absolute Gasteiger partial charge is 0.430 e. The molecule has 208 valence electrons. The number of alkyl halides is 6. The molecule has 0 fully saturated rings. The van der Waals surface area contributed by atoms with Crippen molar-refractivity contribution < 1.29 is 55.6 Å². The summed E-state index contributed by atoms with van der Waals surface area (Å²) in [6, 6.07) is 6.11. The average molecular weight is 533 g/mol. The van der Waals surface area contributed by atoms with E-state index in [0.29, 0.717) is 19.6 Å². The van der Waals surface area contributed by atoms with Crippen LogP contribution in [0.5, 0.6) is 11.5 Å². The number of benzene rings is 1. The summed E-state index contributed by atoms with van der Waals surface area (Å²) in [4.78, 5) is 23.4. The Balaban J connectivity index is 0.000000717. The Morgan fingerprint density at radius 2 is 1.11 bits per heavy atom. The molecule has 0 bridgehead atoms. The molecule has 0 saturated heterocycles. The quantitative estimate of drug-likeness (QED) is 0.242. The van der Waals surface area contributed by atoms with E-state index >= 15 is 0 Å². The Labute approximate surface area is 206 Å². The second-order valence-corrected chi connectivity index (χ2v) is 9.96. The van der Waals surface area contributed by atoms with Crippen molar-refractivity contribution in [2.45, 2.75) is 91.8 Å². The summed E-state index contributed by atoms with van der Waals surface area (Å²) in [7, 11) is 0. The van der Waals surface area contributed by atoms with Gasteiger partial charge in [-0.3, -0.25) is 9.59 Å². The molecule has 0 radical (unpaired) electrons. The van der Waals surface area contributed by atoms with E-state index < -0.39 is 40.4 Å². The van der Waals surface area contributed by atoms with Crippen LogP contribution in [-0.4, -0.2) is 45.7 Å². The molecule has 0 aliphatic rings. The van der Waals surface area contributed by atoms with Gasteiger partial charge in [0.05, 0.1) is 10.8 Å². The highest BCUT2D eigenvalue weighted by molar-refractivity contribution is 5.78. The molecule has 0 aromatic heterocycles. The number of esters is 2. The van der Waals surface area contributed by atoms with Crippen LogP contribution in [0.3, 0.4) is 0 Å². The molecule has 6 nitrogen and oxygen atoms in total. The molecule has 0 atom stereocenters. The monoisotopic (exact) mass is 532 g/mol. The van der Waals surface area contributed by atoms with Crippen LogP contribution in [0.15, 0.2) is 24.3 Å². The molecule has 0 amide bonds. The molecule has 2 N–H and O–H groups in total. The van der Waals surface area contributed by atoms with Gasteiger partial charge in [0.2, 0.25) is 0 Å². The summed E-state index contributed by atoms with van der Waals surface area (Å²) in [5, 5.41) is 18.3. The predicted octanol–water partition coefficient (Wildman–Crippen LogP) is 6.33. The maximum absolute atomic E-state index is 12.8. The van der Waals surface area contributed by atoms with Crippen molar-refractivity contribution in [3.05, 3.63) is 24.3 Å². The van der Waals surface area contributed by atoms with Crippen molar-refractivity contribution in [2.24, 2.45) is 10.8 Å². The normalized spacial score (nSPS) is 13.4. The molecule has 12 heteroatoms. The van der Waals surface area contributed by atoms with Gasteiger partial charge in [-0.05, 0) is 78.6 Å². The lowest BCUT2D eigenvalue weighted by molar-refractivity contribution is -0.408. The minimum Gasteiger partial charge on any atom is -0.508 e. The van der Waals surface area contributed by atoms with E-state index in [2.05, 4.69) is 4.74 Å². The van der Waals surface area contributed by atoms with Gasteiger partial charge in [-0.2, -0.15) is 26.3 Å². The van der Waals surface area contributed by atoms with E-state index in [4.69, 9.17) is 9.84 Å². The van der Waals surface area contributed by atoms with Crippen molar-refractivity contribution in [1.82, 2.24) is 0 Å². The topological polar surface area (TPSA) is 93.1 Å². The van der Waals surface area contributed by atoms with E-state index in [-0.39, 0.29) is 18.1 Å². The van der Waals surface area contributed by atoms with Crippen molar-refractivity contribution in [2.75, 3.05) is 0 Å². The Morgan fingerprint density at radius 3 is 1.44 bits per heavy atom. The largest absolute Gasteiger partial charge is 0.508 e. The number of phenolic OH excluding ortho intramolecular Hbond substituents is 1. The number of aromatic hydroxyl groups is 1. The summed E-state index contributed by atoms with van der Waals surface area (Å²) in [5.41, 5.74) is -10.2. The summed E-state index contributed by atoms with van der Waals surface area (Å²) < 4.78 is 86.1. The van der Waals surface area contributed by atoms with Crippen LogP contribution in [0.1, 0.15) is 68.2 Å². The minimum atomic E-state index is -6.06. The molecule has 0 unspecified atom stereocenters. The van der Waals surface area contributed by atoms with Crippen LogP contribution in [0.25, 0.3) is 0 Å². The van der Waals surface area contributed by atoms with E-state index in [1.54, 1.807) is 12.1 Å². The maximum atomic E-state index is 12.8. The number of aliphatic hydroxyl groups is 1. The van der Waals surface area contributed by atoms with Gasteiger partial charge < -0.3 is 19.7 Å². The van der Waals surface area contributed by atoms with E-state index in [1.165, 1.54) is 32.9 Å². The molecule has 0 aliphatic heterocycles. The van der Waals surface area contributed by atoms with Crippen molar-refractivity contribution in [1.29, 1.82) is 0 Å². The highest BCUT2D eigenvalue weighted by Gasteiger charge is 2.78. The summed E-state index contributed by atoms with van der Waals surface area (Å²) in [5.74, 6) is -0.901. The zero-order valence-electron chi connectivity index (χ0n) is 21.5. The number of hydrogen-bond donors (Lipinski definition) is 2. The SMILES string of the molecule is CCC(C)(C)C(=O)OC(C)(C)C(O)(C(F)(F)F)C(F)(F)F.CCC(C)(C)C(=O)Oc1ccc(O)cc1. The van der Waals surface area contributed by atoms with Gasteiger partial charge in [0.25, 0.3) is 5.60 Å². The lowest BCUT2D eigenvalue weighted by Gasteiger charge is -2.44. The third-order valence-corrected chi connectivity index (χ3v) is 5.96. The van der Waals surface area contributed by atoms with Gasteiger partial charge >= 0.3 is 24.3 Å². The maximum Gasteiger partial charge on any atom is 0.430 e. The number of phenols is 1. The zero-order valence-corrected chi connectivity index (χ0v) is 21.5. The molecule has 1 aromatic carbocycles. The van der Waals surface area contributed by atoms with E-state index in [9.17, 15) is 41.0 Å². The molecule has 0 heterocycles. The lowest BCUT2D eigenvalue weighted by atomic mass is 9.83. The van der Waals surface area contributed by atoms with Crippen LogP contribution in [0, 0.1) is 10.8 Å². The molecule has 36 heavy (non-hydrogen) atoms. The summed E-state index contributed by atoms with van der Waals surface area (Å²) in [6.07, 6.45) is -11.3. The number of ether oxygens (including phenoxy) is 2. The van der Waals surface area contributed by atoms with Gasteiger partial charge in [0.15, 0.2) is 5.60 Å². The van der Waals surface area contributed by atoms with Gasteiger partial charge in [-0.1, -0.05) is 13.8 Å². The first kappa shape index (κ1) is 33.5. The predicted molar refractivity (Wildman–Crippen MR) is 119 cm³/mol. The third kappa shape index (κ3) is 7.75. The Hall–Kier alpha value is -2.50. The summed E-state index contributed by atoms with van der Waals surface area (Å²) in [6.45, 7) is 10.5. The third-order valence-electron chi connectivity index (χ3n) is 5.96. The second-order valence-electron chi connectivity index (χ2n) is 9.96. The average Bonchev–Trinajstić information content (AvgIpc) is 2.73. The molecule has 0 aliphatic carbocycles. The number of carbonyl (C=O) groups is 2. The van der Waals surface area contributed by atoms with Crippen LogP contribution < -0.4 is 4.74 Å². The number of carbonyl (C=O) groups excluding carboxylic acids is 2. The van der Waals surface area contributed by atoms with Crippen LogP contribution in [0.2, 0.25) is 0 Å². The molecule has 0 saturated carbocycles. The van der Waals surface area contributed by atoms with Gasteiger partial charge in [0, 0.05) is 0 Å². The Kier molecular flexibility index (Phi) is 10.5. The fraction of sp³-hybridized carbons (Fsp3) is 0.667. The lowest BCUT2D eigenvalue weighted by Crippen LogP contribution is -2.70. The number of rotatable bonds is 7. The van der Waals surface area contributed by atoms with Crippen LogP contribution in [0.4, 0.5) is 26.3 Å². The summed E-state index contributed by atoms with van der Waals surface area (Å²) >= 11 is 0. The van der Waals surface area contributed by atoms with Crippen LogP contribution >= 0.6 is 0 Å². The number of halogens is 6. The van der Waals surface area contributed by atoms with Gasteiger partial charge in [-0.25, -0.2) is 0 Å². The first-order chi connectivity index (χ1) is 15.9. The van der Waals surface area contributed by atoms with Crippen molar-refractivity contribution >= 4 is 11.9 Å². The second kappa shape index (κ2) is 11.3. The molecular weight excluding hydrogens is 498 g/mol. The Bertz CT molecular complexity index is 872. The van der Waals surface area contributed by atoms with Crippen molar-refractivity contribution in [3.63, 3.8) is 0 Å². The highest BCUT2D eigenvalue weighted by atomic mass is 19.4. The van der Waals surface area contributed by atoms with E-state index in [1.807, 2.05) is 20.8 Å². The van der Waals surface area contributed by atoms with E-state index in [0.717, 1.165) is 6.42 Å². The molecule has 0 spiro atoms. The fourth-order valence-corrected chi connectivity index (χ4v) is 2.34. The molecule has 1 aromatic rings. The Morgan fingerprint density at radius 1 is 0.750 bits per heavy atom. The van der Waals surface area contributed by atoms with Gasteiger partial charge in [0.1, 0.15) is 11.5 Å². The minimum absolute atomic E-state index is 0.137. The first-order valence-corrected chi connectivity index (χ1v) is 11.0.